The molecule has 0 saturated carbocycles. The fraction of sp³-hybridized carbons (Fsp3) is 0.571. The Morgan fingerprint density at radius 2 is 1.74 bits per heavy atom. The highest BCUT2D eigenvalue weighted by Crippen LogP contribution is 2.32. The lowest BCUT2D eigenvalue weighted by Crippen LogP contribution is -2.44. The summed E-state index contributed by atoms with van der Waals surface area (Å²) in [6.07, 6.45) is 14.0. The zero-order valence-corrected chi connectivity index (χ0v) is 26.7. The molecule has 3 rings (SSSR count). The maximum atomic E-state index is 13.6. The first-order valence-corrected chi connectivity index (χ1v) is 15.5. The summed E-state index contributed by atoms with van der Waals surface area (Å²) < 4.78 is 21.7. The van der Waals surface area contributed by atoms with Gasteiger partial charge in [0.25, 0.3) is 0 Å². The van der Waals surface area contributed by atoms with Crippen LogP contribution in [0.1, 0.15) is 76.6 Å². The van der Waals surface area contributed by atoms with Crippen LogP contribution in [0.25, 0.3) is 0 Å². The monoisotopic (exact) mass is 595 g/mol. The minimum atomic E-state index is -0.552. The Hall–Kier alpha value is -3.39. The number of amides is 2. The molecular formula is C35H49NO7. The van der Waals surface area contributed by atoms with Gasteiger partial charge in [-0.05, 0) is 62.1 Å². The van der Waals surface area contributed by atoms with Crippen molar-refractivity contribution in [2.75, 3.05) is 34.0 Å². The van der Waals surface area contributed by atoms with Crippen LogP contribution in [0.2, 0.25) is 0 Å². The maximum Gasteiger partial charge on any atom is 0.416 e. The van der Waals surface area contributed by atoms with Crippen molar-refractivity contribution in [2.24, 2.45) is 23.7 Å². The number of cyclic esters (lactones) is 1. The first-order valence-electron chi connectivity index (χ1n) is 15.5. The number of hydrogen-bond donors (Lipinski definition) is 0. The smallest absolute Gasteiger partial charge is 0.416 e. The summed E-state index contributed by atoms with van der Waals surface area (Å²) in [5.74, 6) is 0.504. The molecule has 0 spiro atoms. The lowest BCUT2D eigenvalue weighted by Gasteiger charge is -2.27. The van der Waals surface area contributed by atoms with Gasteiger partial charge in [0.15, 0.2) is 17.3 Å². The number of benzene rings is 1. The number of rotatable bonds is 17. The van der Waals surface area contributed by atoms with Gasteiger partial charge in [-0.2, -0.15) is 0 Å². The lowest BCUT2D eigenvalue weighted by molar-refractivity contribution is -0.134. The highest BCUT2D eigenvalue weighted by molar-refractivity contribution is 5.98. The average molecular weight is 596 g/mol. The molecule has 1 fully saturated rings. The lowest BCUT2D eigenvalue weighted by atomic mass is 9.84. The van der Waals surface area contributed by atoms with Gasteiger partial charge >= 0.3 is 6.09 Å². The zero-order valence-electron chi connectivity index (χ0n) is 26.7. The van der Waals surface area contributed by atoms with E-state index in [1.165, 1.54) is 10.5 Å². The van der Waals surface area contributed by atoms with E-state index in [4.69, 9.17) is 18.9 Å². The van der Waals surface area contributed by atoms with Crippen molar-refractivity contribution in [2.45, 2.75) is 72.3 Å². The van der Waals surface area contributed by atoms with Gasteiger partial charge in [-0.25, -0.2) is 9.69 Å². The molecule has 1 saturated heterocycles. The van der Waals surface area contributed by atoms with Crippen molar-refractivity contribution >= 4 is 17.8 Å². The first-order chi connectivity index (χ1) is 20.7. The van der Waals surface area contributed by atoms with Crippen LogP contribution >= 0.6 is 0 Å². The van der Waals surface area contributed by atoms with E-state index < -0.39 is 6.09 Å². The number of carbonyl (C=O) groups excluding carboxylic acids is 3. The minimum Gasteiger partial charge on any atom is -0.493 e. The third kappa shape index (κ3) is 9.55. The summed E-state index contributed by atoms with van der Waals surface area (Å²) in [5, 5.41) is 0. The molecule has 1 aliphatic heterocycles. The van der Waals surface area contributed by atoms with Crippen molar-refractivity contribution < 1.29 is 33.3 Å². The van der Waals surface area contributed by atoms with Crippen molar-refractivity contribution in [3.8, 4) is 11.5 Å². The summed E-state index contributed by atoms with van der Waals surface area (Å²) in [7, 11) is 3.23. The Bertz CT molecular complexity index is 1180. The van der Waals surface area contributed by atoms with Gasteiger partial charge in [0.05, 0.1) is 19.8 Å². The predicted molar refractivity (Wildman–Crippen MR) is 167 cm³/mol. The van der Waals surface area contributed by atoms with Gasteiger partial charge in [-0.3, -0.25) is 9.59 Å². The van der Waals surface area contributed by atoms with Crippen LogP contribution in [-0.4, -0.2) is 62.8 Å². The van der Waals surface area contributed by atoms with E-state index in [1.807, 2.05) is 45.9 Å². The third-order valence-electron chi connectivity index (χ3n) is 8.21. The molecule has 0 bridgehead atoms. The Morgan fingerprint density at radius 3 is 2.37 bits per heavy atom. The molecule has 1 aliphatic carbocycles. The van der Waals surface area contributed by atoms with E-state index in [2.05, 4.69) is 12.2 Å². The topological polar surface area (TPSA) is 91.4 Å². The van der Waals surface area contributed by atoms with E-state index in [-0.39, 0.29) is 48.0 Å². The number of hydrogen-bond acceptors (Lipinski definition) is 7. The average Bonchev–Trinajstić information content (AvgIpc) is 3.35. The molecule has 8 heteroatoms. The number of ketones is 1. The highest BCUT2D eigenvalue weighted by Gasteiger charge is 2.41. The second kappa shape index (κ2) is 17.0. The zero-order chi connectivity index (χ0) is 31.4. The van der Waals surface area contributed by atoms with Crippen molar-refractivity contribution in [3.05, 3.63) is 59.7 Å². The molecule has 1 heterocycles. The van der Waals surface area contributed by atoms with E-state index >= 15 is 0 Å². The highest BCUT2D eigenvalue weighted by atomic mass is 16.6. The van der Waals surface area contributed by atoms with Gasteiger partial charge < -0.3 is 18.9 Å². The molecule has 2 amide bonds. The molecule has 8 nitrogen and oxygen atoms in total. The Kier molecular flexibility index (Phi) is 13.5. The molecule has 2 aliphatic rings. The fourth-order valence-corrected chi connectivity index (χ4v) is 5.55. The van der Waals surface area contributed by atoms with Gasteiger partial charge in [0.2, 0.25) is 5.91 Å². The van der Waals surface area contributed by atoms with Gasteiger partial charge in [-0.1, -0.05) is 63.6 Å². The van der Waals surface area contributed by atoms with Crippen molar-refractivity contribution in [3.63, 3.8) is 0 Å². The molecule has 0 radical (unpaired) electrons. The number of imide groups is 1. The van der Waals surface area contributed by atoms with E-state index in [0.29, 0.717) is 49.5 Å². The third-order valence-corrected chi connectivity index (χ3v) is 8.21. The number of allylic oxidation sites excluding steroid dienone is 5. The number of methoxy groups -OCH3 is 2. The number of ether oxygens (including phenoxy) is 4. The molecule has 1 aromatic rings. The molecule has 0 N–H and O–H groups in total. The second-order valence-electron chi connectivity index (χ2n) is 12.0. The molecule has 0 aromatic heterocycles. The standard InChI is InChI=1S/C35H49NO7/c1-24(2)29(33(37)27-17-18-31(41-6)32(22-27)42-20-12-19-40-5)15-10-11-16-30(25(3)4)34(38)36-28(23-43-35(36)39)21-26-13-8-7-9-14-26/h7-8,10-11,13,17-18,22,24-25,28-30H,9,12,14-16,19-21,23H2,1-6H3/b11-10+/t28-,29?,30-/m0/s1. The van der Waals surface area contributed by atoms with Crippen LogP contribution in [0.5, 0.6) is 11.5 Å². The normalized spacial score (nSPS) is 18.2. The minimum absolute atomic E-state index is 0.0344. The summed E-state index contributed by atoms with van der Waals surface area (Å²) >= 11 is 0. The Balaban J connectivity index is 1.66. The SMILES string of the molecule is COCCCOc1cc(C(=O)C(C/C=C/C[C@H](C(=O)N2C(=O)OC[C@@H]2CC2=CC=CCC2)C(C)C)C(C)C)ccc1OC. The summed E-state index contributed by atoms with van der Waals surface area (Å²) in [4.78, 5) is 41.2. The molecule has 1 aromatic carbocycles. The van der Waals surface area contributed by atoms with Crippen LogP contribution in [0.4, 0.5) is 4.79 Å². The summed E-state index contributed by atoms with van der Waals surface area (Å²) in [6.45, 7) is 9.36. The molecular weight excluding hydrogens is 546 g/mol. The predicted octanol–water partition coefficient (Wildman–Crippen LogP) is 7.19. The maximum absolute atomic E-state index is 13.6. The number of carbonyl (C=O) groups is 3. The molecule has 1 unspecified atom stereocenters. The number of nitrogens with zero attached hydrogens (tertiary/aromatic N) is 1. The fourth-order valence-electron chi connectivity index (χ4n) is 5.55. The number of Topliss-reactive ketones (excluding diaryl/α,β-unsaturated/α-hetero) is 1. The molecule has 236 valence electrons. The van der Waals surface area contributed by atoms with E-state index in [1.54, 1.807) is 32.4 Å². The second-order valence-corrected chi connectivity index (χ2v) is 12.0. The summed E-state index contributed by atoms with van der Waals surface area (Å²) in [5.41, 5.74) is 1.81. The first kappa shape index (κ1) is 34.1. The largest absolute Gasteiger partial charge is 0.493 e. The van der Waals surface area contributed by atoms with Gasteiger partial charge in [0.1, 0.15) is 6.61 Å². The summed E-state index contributed by atoms with van der Waals surface area (Å²) in [6, 6.07) is 5.03. The van der Waals surface area contributed by atoms with E-state index in [0.717, 1.165) is 19.3 Å². The van der Waals surface area contributed by atoms with Crippen molar-refractivity contribution in [1.29, 1.82) is 0 Å². The Labute approximate surface area is 257 Å². The van der Waals surface area contributed by atoms with Crippen LogP contribution in [0.3, 0.4) is 0 Å². The van der Waals surface area contributed by atoms with Crippen LogP contribution < -0.4 is 9.47 Å². The van der Waals surface area contributed by atoms with E-state index in [9.17, 15) is 14.4 Å². The molecule has 3 atom stereocenters. The quantitative estimate of drug-likeness (QED) is 0.107. The van der Waals surface area contributed by atoms with Gasteiger partial charge in [0, 0.05) is 37.5 Å². The van der Waals surface area contributed by atoms with Crippen LogP contribution in [0.15, 0.2) is 54.2 Å². The van der Waals surface area contributed by atoms with Crippen LogP contribution in [-0.2, 0) is 14.3 Å². The van der Waals surface area contributed by atoms with Crippen molar-refractivity contribution in [1.82, 2.24) is 4.90 Å². The van der Waals surface area contributed by atoms with Gasteiger partial charge in [-0.15, -0.1) is 0 Å². The Morgan fingerprint density at radius 1 is 1.02 bits per heavy atom. The molecule has 43 heavy (non-hydrogen) atoms. The van der Waals surface area contributed by atoms with Crippen LogP contribution in [0, 0.1) is 23.7 Å².